The molecule has 0 aromatic carbocycles. The fraction of sp³-hybridized carbons (Fsp3) is 0.571. The largest absolute Gasteiger partial charge is 0.363 e. The molecule has 0 amide bonds. The van der Waals surface area contributed by atoms with Crippen LogP contribution in [0, 0.1) is 21.4 Å². The molecule has 0 saturated carbocycles. The third kappa shape index (κ3) is 4.68. The highest BCUT2D eigenvalue weighted by molar-refractivity contribution is 5.58. The molecule has 114 valence electrons. The number of anilines is 1. The van der Waals surface area contributed by atoms with Crippen LogP contribution in [-0.4, -0.2) is 40.0 Å². The fourth-order valence-electron chi connectivity index (χ4n) is 2.21. The molecule has 7 nitrogen and oxygen atoms in total. The van der Waals surface area contributed by atoms with Crippen molar-refractivity contribution in [2.24, 2.45) is 0 Å². The fourth-order valence-corrected chi connectivity index (χ4v) is 2.21. The summed E-state index contributed by atoms with van der Waals surface area (Å²) in [4.78, 5) is 16.7. The number of aromatic nitrogens is 1. The zero-order valence-electron chi connectivity index (χ0n) is 12.8. The van der Waals surface area contributed by atoms with Crippen LogP contribution >= 0.6 is 0 Å². The Hall–Kier alpha value is -2.20. The van der Waals surface area contributed by atoms with E-state index < -0.39 is 4.92 Å². The van der Waals surface area contributed by atoms with E-state index in [0.717, 1.165) is 6.54 Å². The van der Waals surface area contributed by atoms with Crippen molar-refractivity contribution in [1.29, 1.82) is 5.26 Å². The average Bonchev–Trinajstić information content (AvgIpc) is 2.42. The number of rotatable bonds is 7. The number of nitro groups is 1. The van der Waals surface area contributed by atoms with E-state index in [1.54, 1.807) is 0 Å². The van der Waals surface area contributed by atoms with E-state index in [1.165, 1.54) is 12.3 Å². The van der Waals surface area contributed by atoms with Gasteiger partial charge >= 0.3 is 5.69 Å². The van der Waals surface area contributed by atoms with Crippen LogP contribution in [0.4, 0.5) is 11.5 Å². The van der Waals surface area contributed by atoms with Gasteiger partial charge in [-0.15, -0.1) is 0 Å². The molecule has 21 heavy (non-hydrogen) atoms. The van der Waals surface area contributed by atoms with E-state index in [9.17, 15) is 10.1 Å². The molecular weight excluding hydrogens is 270 g/mol. The molecule has 1 aromatic heterocycles. The Morgan fingerprint density at radius 1 is 1.43 bits per heavy atom. The van der Waals surface area contributed by atoms with Gasteiger partial charge in [-0.1, -0.05) is 0 Å². The lowest BCUT2D eigenvalue weighted by atomic mass is 10.2. The predicted octanol–water partition coefficient (Wildman–Crippen LogP) is 2.39. The molecular formula is C14H21N5O2. The van der Waals surface area contributed by atoms with Gasteiger partial charge in [-0.2, -0.15) is 5.26 Å². The highest BCUT2D eigenvalue weighted by Crippen LogP contribution is 2.22. The molecule has 1 N–H and O–H groups in total. The van der Waals surface area contributed by atoms with Crippen LogP contribution in [0.5, 0.6) is 0 Å². The summed E-state index contributed by atoms with van der Waals surface area (Å²) in [5.74, 6) is 0.200. The molecule has 0 radical (unpaired) electrons. The van der Waals surface area contributed by atoms with Gasteiger partial charge in [-0.3, -0.25) is 15.0 Å². The maximum absolute atomic E-state index is 11.0. The number of hydrogen-bond donors (Lipinski definition) is 1. The lowest BCUT2D eigenvalue weighted by Crippen LogP contribution is -2.40. The van der Waals surface area contributed by atoms with Crippen LogP contribution in [0.15, 0.2) is 12.3 Å². The summed E-state index contributed by atoms with van der Waals surface area (Å²) in [7, 11) is 0. The summed E-state index contributed by atoms with van der Waals surface area (Å²) >= 11 is 0. The maximum atomic E-state index is 11.0. The van der Waals surface area contributed by atoms with Gasteiger partial charge in [0.25, 0.3) is 0 Å². The molecule has 0 saturated heterocycles. The van der Waals surface area contributed by atoms with Crippen LogP contribution in [0.25, 0.3) is 0 Å². The summed E-state index contributed by atoms with van der Waals surface area (Å²) in [6.45, 7) is 9.76. The Bertz CT molecular complexity index is 529. The van der Waals surface area contributed by atoms with Crippen molar-refractivity contribution in [1.82, 2.24) is 9.88 Å². The lowest BCUT2D eigenvalue weighted by molar-refractivity contribution is -0.384. The maximum Gasteiger partial charge on any atom is 0.312 e. The van der Waals surface area contributed by atoms with Crippen molar-refractivity contribution in [3.63, 3.8) is 0 Å². The van der Waals surface area contributed by atoms with Crippen LogP contribution in [-0.2, 0) is 0 Å². The number of nitrogens with one attached hydrogen (secondary N) is 1. The Morgan fingerprint density at radius 2 is 2.05 bits per heavy atom. The molecule has 0 atom stereocenters. The molecule has 0 bridgehead atoms. The van der Waals surface area contributed by atoms with Crippen molar-refractivity contribution < 1.29 is 4.92 Å². The molecule has 0 spiro atoms. The number of nitrogens with zero attached hydrogens (tertiary/aromatic N) is 4. The van der Waals surface area contributed by atoms with Crippen LogP contribution < -0.4 is 5.32 Å². The quantitative estimate of drug-likeness (QED) is 0.612. The van der Waals surface area contributed by atoms with Gasteiger partial charge in [0.05, 0.1) is 10.5 Å². The summed E-state index contributed by atoms with van der Waals surface area (Å²) in [6, 6.07) is 3.88. The molecule has 7 heteroatoms. The van der Waals surface area contributed by atoms with Crippen LogP contribution in [0.2, 0.25) is 0 Å². The van der Waals surface area contributed by atoms with E-state index in [1.807, 2.05) is 6.07 Å². The molecule has 0 aliphatic carbocycles. The third-order valence-electron chi connectivity index (χ3n) is 3.18. The Labute approximate surface area is 124 Å². The first-order valence-corrected chi connectivity index (χ1v) is 6.91. The lowest BCUT2D eigenvalue weighted by Gasteiger charge is -2.30. The summed E-state index contributed by atoms with van der Waals surface area (Å²) < 4.78 is 0. The monoisotopic (exact) mass is 291 g/mol. The van der Waals surface area contributed by atoms with Gasteiger partial charge in [0.1, 0.15) is 6.07 Å². The minimum atomic E-state index is -0.529. The smallest absolute Gasteiger partial charge is 0.312 e. The normalized spacial score (nSPS) is 11.0. The predicted molar refractivity (Wildman–Crippen MR) is 81.1 cm³/mol. The van der Waals surface area contributed by atoms with E-state index in [4.69, 9.17) is 5.26 Å². The van der Waals surface area contributed by atoms with Gasteiger partial charge in [-0.05, 0) is 27.7 Å². The molecule has 0 aliphatic heterocycles. The van der Waals surface area contributed by atoms with Crippen molar-refractivity contribution in [3.05, 3.63) is 27.9 Å². The standard InChI is InChI=1S/C14H21N5O2/c1-10(2)18(11(3)4)6-5-16-14-13(19(20)21)7-12(8-15)9-17-14/h7,9-11H,5-6H2,1-4H3,(H,16,17). The average molecular weight is 291 g/mol. The van der Waals surface area contributed by atoms with Crippen LogP contribution in [0.1, 0.15) is 33.3 Å². The summed E-state index contributed by atoms with van der Waals surface area (Å²) in [6.07, 6.45) is 1.33. The summed E-state index contributed by atoms with van der Waals surface area (Å²) in [5.41, 5.74) is 0.00734. The molecule has 0 unspecified atom stereocenters. The van der Waals surface area contributed by atoms with Gasteiger partial charge in [0.15, 0.2) is 0 Å². The highest BCUT2D eigenvalue weighted by atomic mass is 16.6. The third-order valence-corrected chi connectivity index (χ3v) is 3.18. The van der Waals surface area contributed by atoms with Gasteiger partial charge in [-0.25, -0.2) is 4.98 Å². The number of nitriles is 1. The van der Waals surface area contributed by atoms with Gasteiger partial charge in [0.2, 0.25) is 5.82 Å². The van der Waals surface area contributed by atoms with E-state index >= 15 is 0 Å². The Kier molecular flexibility index (Phi) is 6.06. The second kappa shape index (κ2) is 7.55. The molecule has 0 fully saturated rings. The van der Waals surface area contributed by atoms with Gasteiger partial charge in [0, 0.05) is 37.4 Å². The minimum absolute atomic E-state index is 0.172. The molecule has 0 aliphatic rings. The van der Waals surface area contributed by atoms with E-state index in [-0.39, 0.29) is 17.1 Å². The topological polar surface area (TPSA) is 95.1 Å². The zero-order valence-corrected chi connectivity index (χ0v) is 12.8. The SMILES string of the molecule is CC(C)N(CCNc1ncc(C#N)cc1[N+](=O)[O-])C(C)C. The van der Waals surface area contributed by atoms with E-state index in [2.05, 4.69) is 42.9 Å². The first-order valence-electron chi connectivity index (χ1n) is 6.91. The van der Waals surface area contributed by atoms with E-state index in [0.29, 0.717) is 18.6 Å². The Morgan fingerprint density at radius 3 is 2.52 bits per heavy atom. The highest BCUT2D eigenvalue weighted by Gasteiger charge is 2.17. The van der Waals surface area contributed by atoms with Gasteiger partial charge < -0.3 is 5.32 Å². The molecule has 1 aromatic rings. The Balaban J connectivity index is 2.76. The molecule has 1 rings (SSSR count). The van der Waals surface area contributed by atoms with Crippen molar-refractivity contribution >= 4 is 11.5 Å². The van der Waals surface area contributed by atoms with Crippen LogP contribution in [0.3, 0.4) is 0 Å². The summed E-state index contributed by atoms with van der Waals surface area (Å²) in [5, 5.41) is 22.8. The molecule has 1 heterocycles. The first kappa shape index (κ1) is 16.9. The van der Waals surface area contributed by atoms with Crippen molar-refractivity contribution in [3.8, 4) is 6.07 Å². The minimum Gasteiger partial charge on any atom is -0.363 e. The second-order valence-corrected chi connectivity index (χ2v) is 5.31. The van der Waals surface area contributed by atoms with Crippen molar-refractivity contribution in [2.75, 3.05) is 18.4 Å². The van der Waals surface area contributed by atoms with Crippen molar-refractivity contribution in [2.45, 2.75) is 39.8 Å². The zero-order chi connectivity index (χ0) is 16.0. The first-order chi connectivity index (χ1) is 9.86. The second-order valence-electron chi connectivity index (χ2n) is 5.31. The number of hydrogen-bond acceptors (Lipinski definition) is 6. The number of pyridine rings is 1.